The maximum absolute atomic E-state index is 5.50. The average molecular weight is 340 g/mol. The average Bonchev–Trinajstić information content (AvgIpc) is 2.98. The molecule has 22 heavy (non-hydrogen) atoms. The van der Waals surface area contributed by atoms with E-state index in [1.54, 1.807) is 14.2 Å². The number of ether oxygens (including phenoxy) is 2. The van der Waals surface area contributed by atoms with E-state index in [1.165, 1.54) is 16.0 Å². The summed E-state index contributed by atoms with van der Waals surface area (Å²) in [5.74, 6) is 2.06. The smallest absolute Gasteiger partial charge is 0.161 e. The third kappa shape index (κ3) is 3.24. The van der Waals surface area contributed by atoms with Crippen molar-refractivity contribution in [2.45, 2.75) is 12.3 Å². The van der Waals surface area contributed by atoms with Crippen molar-refractivity contribution in [1.29, 1.82) is 0 Å². The minimum absolute atomic E-state index is 0. The van der Waals surface area contributed by atoms with E-state index in [-0.39, 0.29) is 12.4 Å². The normalized spacial score (nSPS) is 18.0. The summed E-state index contributed by atoms with van der Waals surface area (Å²) in [6, 6.07) is 8.67. The van der Waals surface area contributed by atoms with Gasteiger partial charge in [-0.1, -0.05) is 6.07 Å². The van der Waals surface area contributed by atoms with Gasteiger partial charge in [-0.05, 0) is 48.2 Å². The van der Waals surface area contributed by atoms with E-state index in [4.69, 9.17) is 9.47 Å². The summed E-state index contributed by atoms with van der Waals surface area (Å²) in [5, 5.41) is 2.15. The Morgan fingerprint density at radius 2 is 1.91 bits per heavy atom. The Balaban J connectivity index is 0.00000176. The highest BCUT2D eigenvalue weighted by atomic mass is 35.5. The molecule has 0 N–H and O–H groups in total. The molecule has 0 radical (unpaired) electrons. The lowest BCUT2D eigenvalue weighted by Crippen LogP contribution is -2.23. The summed E-state index contributed by atoms with van der Waals surface area (Å²) in [5.41, 5.74) is 2.75. The summed E-state index contributed by atoms with van der Waals surface area (Å²) in [4.78, 5) is 3.82. The first kappa shape index (κ1) is 17.1. The fourth-order valence-corrected chi connectivity index (χ4v) is 3.86. The van der Waals surface area contributed by atoms with Gasteiger partial charge < -0.3 is 14.4 Å². The van der Waals surface area contributed by atoms with E-state index in [9.17, 15) is 0 Å². The predicted molar refractivity (Wildman–Crippen MR) is 94.2 cm³/mol. The van der Waals surface area contributed by atoms with Gasteiger partial charge in [0, 0.05) is 23.9 Å². The maximum Gasteiger partial charge on any atom is 0.161 e. The largest absolute Gasteiger partial charge is 0.493 e. The number of likely N-dealkylation sites (N-methyl/N-ethyl adjacent to an activating group) is 1. The molecule has 1 unspecified atom stereocenters. The molecule has 1 aliphatic rings. The fraction of sp³-hybridized carbons (Fsp3) is 0.412. The third-order valence-corrected chi connectivity index (χ3v) is 5.15. The Morgan fingerprint density at radius 3 is 2.55 bits per heavy atom. The highest BCUT2D eigenvalue weighted by molar-refractivity contribution is 7.10. The second-order valence-corrected chi connectivity index (χ2v) is 6.47. The van der Waals surface area contributed by atoms with Crippen LogP contribution in [0.4, 0.5) is 0 Å². The first-order chi connectivity index (χ1) is 10.2. The van der Waals surface area contributed by atoms with E-state index < -0.39 is 0 Å². The number of rotatable bonds is 3. The van der Waals surface area contributed by atoms with Crippen LogP contribution in [0.3, 0.4) is 0 Å². The molecule has 1 aromatic heterocycles. The molecule has 3 nitrogen and oxygen atoms in total. The number of methoxy groups -OCH3 is 2. The van der Waals surface area contributed by atoms with Crippen LogP contribution >= 0.6 is 23.7 Å². The van der Waals surface area contributed by atoms with Gasteiger partial charge in [-0.3, -0.25) is 0 Å². The highest BCUT2D eigenvalue weighted by Crippen LogP contribution is 2.39. The van der Waals surface area contributed by atoms with E-state index in [2.05, 4.69) is 41.6 Å². The molecule has 0 bridgehead atoms. The molecule has 1 atom stereocenters. The van der Waals surface area contributed by atoms with Crippen molar-refractivity contribution in [2.75, 3.05) is 34.4 Å². The Hall–Kier alpha value is -1.23. The van der Waals surface area contributed by atoms with E-state index in [1.807, 2.05) is 11.3 Å². The molecule has 0 saturated heterocycles. The van der Waals surface area contributed by atoms with Crippen LogP contribution in [0.5, 0.6) is 11.5 Å². The van der Waals surface area contributed by atoms with E-state index in [0.717, 1.165) is 31.0 Å². The van der Waals surface area contributed by atoms with Gasteiger partial charge >= 0.3 is 0 Å². The second-order valence-electron chi connectivity index (χ2n) is 5.49. The van der Waals surface area contributed by atoms with Crippen molar-refractivity contribution in [2.24, 2.45) is 0 Å². The standard InChI is InChI=1S/C17H21NO2S.ClH/c1-18-7-6-12-9-15(19-2)16(20-3)10-13(12)14(11-18)17-5-4-8-21-17;/h4-5,8-10,14H,6-7,11H2,1-3H3;1H. The number of halogens is 1. The van der Waals surface area contributed by atoms with Crippen LogP contribution in [0.15, 0.2) is 29.6 Å². The van der Waals surface area contributed by atoms with Crippen LogP contribution in [0.1, 0.15) is 21.9 Å². The van der Waals surface area contributed by atoms with Crippen LogP contribution in [0.25, 0.3) is 0 Å². The number of nitrogens with zero attached hydrogens (tertiary/aromatic N) is 1. The Labute approximate surface area is 142 Å². The number of thiophene rings is 1. The number of hydrogen-bond donors (Lipinski definition) is 0. The first-order valence-electron chi connectivity index (χ1n) is 7.19. The Bertz CT molecular complexity index is 615. The van der Waals surface area contributed by atoms with Crippen LogP contribution in [-0.4, -0.2) is 39.3 Å². The van der Waals surface area contributed by atoms with Crippen LogP contribution < -0.4 is 9.47 Å². The molecule has 3 rings (SSSR count). The van der Waals surface area contributed by atoms with Crippen molar-refractivity contribution in [3.63, 3.8) is 0 Å². The van der Waals surface area contributed by atoms with Gasteiger partial charge in [0.25, 0.3) is 0 Å². The van der Waals surface area contributed by atoms with Gasteiger partial charge in [-0.25, -0.2) is 0 Å². The Morgan fingerprint density at radius 1 is 1.18 bits per heavy atom. The lowest BCUT2D eigenvalue weighted by molar-refractivity contribution is 0.339. The maximum atomic E-state index is 5.50. The van der Waals surface area contributed by atoms with Gasteiger partial charge in [0.15, 0.2) is 11.5 Å². The van der Waals surface area contributed by atoms with Gasteiger partial charge in [0.2, 0.25) is 0 Å². The summed E-state index contributed by atoms with van der Waals surface area (Å²) in [6.45, 7) is 2.12. The van der Waals surface area contributed by atoms with Crippen molar-refractivity contribution < 1.29 is 9.47 Å². The second kappa shape index (κ2) is 7.36. The first-order valence-corrected chi connectivity index (χ1v) is 8.07. The van der Waals surface area contributed by atoms with Gasteiger partial charge in [0.05, 0.1) is 14.2 Å². The molecule has 2 heterocycles. The fourth-order valence-electron chi connectivity index (χ4n) is 3.02. The van der Waals surface area contributed by atoms with Crippen LogP contribution in [-0.2, 0) is 6.42 Å². The summed E-state index contributed by atoms with van der Waals surface area (Å²) in [6.07, 6.45) is 1.05. The quantitative estimate of drug-likeness (QED) is 0.848. The van der Waals surface area contributed by atoms with Crippen LogP contribution in [0, 0.1) is 0 Å². The summed E-state index contributed by atoms with van der Waals surface area (Å²) >= 11 is 1.83. The minimum atomic E-state index is 0. The molecule has 0 saturated carbocycles. The number of hydrogen-bond acceptors (Lipinski definition) is 4. The van der Waals surface area contributed by atoms with Gasteiger partial charge in [-0.15, -0.1) is 23.7 Å². The molecule has 2 aromatic rings. The third-order valence-electron chi connectivity index (χ3n) is 4.16. The lowest BCUT2D eigenvalue weighted by atomic mass is 9.92. The zero-order chi connectivity index (χ0) is 14.8. The molecule has 0 amide bonds. The molecule has 0 fully saturated rings. The molecular weight excluding hydrogens is 318 g/mol. The number of fused-ring (bicyclic) bond motifs is 1. The molecule has 120 valence electrons. The molecule has 5 heteroatoms. The molecular formula is C17H22ClNO2S. The van der Waals surface area contributed by atoms with Gasteiger partial charge in [0.1, 0.15) is 0 Å². The van der Waals surface area contributed by atoms with Crippen molar-refractivity contribution in [1.82, 2.24) is 4.90 Å². The zero-order valence-corrected chi connectivity index (χ0v) is 14.8. The molecule has 1 aromatic carbocycles. The monoisotopic (exact) mass is 339 g/mol. The topological polar surface area (TPSA) is 21.7 Å². The Kier molecular flexibility index (Phi) is 5.73. The zero-order valence-electron chi connectivity index (χ0n) is 13.2. The highest BCUT2D eigenvalue weighted by Gasteiger charge is 2.25. The SMILES string of the molecule is COc1cc2c(cc1OC)C(c1cccs1)CN(C)CC2.Cl. The van der Waals surface area contributed by atoms with Crippen molar-refractivity contribution >= 4 is 23.7 Å². The molecule has 1 aliphatic heterocycles. The van der Waals surface area contributed by atoms with Gasteiger partial charge in [-0.2, -0.15) is 0 Å². The summed E-state index contributed by atoms with van der Waals surface area (Å²) < 4.78 is 11.0. The molecule has 0 aliphatic carbocycles. The number of benzene rings is 1. The van der Waals surface area contributed by atoms with Crippen LogP contribution in [0.2, 0.25) is 0 Å². The molecule has 0 spiro atoms. The van der Waals surface area contributed by atoms with Crippen molar-refractivity contribution in [3.8, 4) is 11.5 Å². The minimum Gasteiger partial charge on any atom is -0.493 e. The van der Waals surface area contributed by atoms with E-state index >= 15 is 0 Å². The lowest BCUT2D eigenvalue weighted by Gasteiger charge is -2.21. The summed E-state index contributed by atoms with van der Waals surface area (Å²) in [7, 11) is 5.60. The van der Waals surface area contributed by atoms with E-state index in [0.29, 0.717) is 5.92 Å². The van der Waals surface area contributed by atoms with Crippen molar-refractivity contribution in [3.05, 3.63) is 45.6 Å². The predicted octanol–water partition coefficient (Wildman–Crippen LogP) is 3.81.